The number of nitrogens with zero attached hydrogens (tertiary/aromatic N) is 1. The third kappa shape index (κ3) is 1.79. The fraction of sp³-hybridized carbons (Fsp3) is 0.300. The first-order valence-corrected chi connectivity index (χ1v) is 5.61. The molecule has 1 aromatic carbocycles. The van der Waals surface area contributed by atoms with E-state index < -0.39 is 0 Å². The Kier molecular flexibility index (Phi) is 2.79. The normalized spacial score (nSPS) is 16.4. The average Bonchev–Trinajstić information content (AvgIpc) is 2.56. The molecule has 1 aliphatic rings. The molecule has 1 aromatic rings. The van der Waals surface area contributed by atoms with E-state index in [9.17, 15) is 4.79 Å². The molecule has 0 aliphatic carbocycles. The Bertz CT molecular complexity index is 380. The van der Waals surface area contributed by atoms with E-state index in [0.717, 1.165) is 23.1 Å². The van der Waals surface area contributed by atoms with E-state index in [1.54, 1.807) is 11.0 Å². The quantitative estimate of drug-likeness (QED) is 0.770. The van der Waals surface area contributed by atoms with Gasteiger partial charge in [0.05, 0.1) is 5.69 Å². The highest BCUT2D eigenvalue weighted by Gasteiger charge is 2.23. The van der Waals surface area contributed by atoms with E-state index >= 15 is 0 Å². The van der Waals surface area contributed by atoms with E-state index in [4.69, 9.17) is 11.6 Å². The van der Waals surface area contributed by atoms with Crippen molar-refractivity contribution in [3.05, 3.63) is 27.7 Å². The van der Waals surface area contributed by atoms with Gasteiger partial charge in [0, 0.05) is 22.5 Å². The molecule has 0 unspecified atom stereocenters. The topological polar surface area (TPSA) is 20.3 Å². The second kappa shape index (κ2) is 3.91. The van der Waals surface area contributed by atoms with Gasteiger partial charge in [-0.1, -0.05) is 11.6 Å². The average molecular weight is 275 g/mol. The maximum absolute atomic E-state index is 11.5. The van der Waals surface area contributed by atoms with Gasteiger partial charge in [-0.25, -0.2) is 0 Å². The molecule has 0 aromatic heterocycles. The van der Waals surface area contributed by atoms with E-state index in [2.05, 4.69) is 15.9 Å². The molecule has 14 heavy (non-hydrogen) atoms. The van der Waals surface area contributed by atoms with Gasteiger partial charge in [0.25, 0.3) is 0 Å². The Balaban J connectivity index is 2.39. The third-order valence-corrected chi connectivity index (χ3v) is 3.18. The number of anilines is 1. The van der Waals surface area contributed by atoms with E-state index in [-0.39, 0.29) is 5.91 Å². The monoisotopic (exact) mass is 273 g/mol. The molecule has 0 bridgehead atoms. The van der Waals surface area contributed by atoms with Crippen LogP contribution in [-0.4, -0.2) is 12.5 Å². The molecule has 74 valence electrons. The first kappa shape index (κ1) is 9.99. The summed E-state index contributed by atoms with van der Waals surface area (Å²) >= 11 is 9.30. The van der Waals surface area contributed by atoms with Crippen molar-refractivity contribution in [2.24, 2.45) is 0 Å². The van der Waals surface area contributed by atoms with Gasteiger partial charge in [-0.05, 0) is 40.5 Å². The van der Waals surface area contributed by atoms with Crippen molar-refractivity contribution < 1.29 is 4.79 Å². The molecule has 0 radical (unpaired) electrons. The van der Waals surface area contributed by atoms with Crippen molar-refractivity contribution in [2.45, 2.75) is 12.8 Å². The lowest BCUT2D eigenvalue weighted by Gasteiger charge is -2.17. The van der Waals surface area contributed by atoms with Crippen molar-refractivity contribution in [3.8, 4) is 0 Å². The number of rotatable bonds is 1. The second-order valence-electron chi connectivity index (χ2n) is 3.24. The summed E-state index contributed by atoms with van der Waals surface area (Å²) in [5.74, 6) is 0.174. The Morgan fingerprint density at radius 2 is 2.21 bits per heavy atom. The predicted octanol–water partition coefficient (Wildman–Crippen LogP) is 3.23. The molecule has 2 nitrogen and oxygen atoms in total. The SMILES string of the molecule is O=C1CCCN1c1cc(Cl)ccc1Br. The summed E-state index contributed by atoms with van der Waals surface area (Å²) in [6, 6.07) is 5.48. The highest BCUT2D eigenvalue weighted by molar-refractivity contribution is 9.10. The van der Waals surface area contributed by atoms with E-state index in [0.29, 0.717) is 11.4 Å². The molecule has 1 fully saturated rings. The van der Waals surface area contributed by atoms with Crippen molar-refractivity contribution in [1.82, 2.24) is 0 Å². The lowest BCUT2D eigenvalue weighted by Crippen LogP contribution is -2.23. The zero-order valence-corrected chi connectivity index (χ0v) is 9.81. The van der Waals surface area contributed by atoms with Gasteiger partial charge in [0.1, 0.15) is 0 Å². The Morgan fingerprint density at radius 1 is 1.43 bits per heavy atom. The highest BCUT2D eigenvalue weighted by atomic mass is 79.9. The zero-order chi connectivity index (χ0) is 10.1. The number of benzene rings is 1. The first-order chi connectivity index (χ1) is 6.68. The maximum Gasteiger partial charge on any atom is 0.227 e. The van der Waals surface area contributed by atoms with Crippen molar-refractivity contribution >= 4 is 39.1 Å². The molecule has 4 heteroatoms. The largest absolute Gasteiger partial charge is 0.311 e. The molecule has 0 N–H and O–H groups in total. The van der Waals surface area contributed by atoms with Gasteiger partial charge in [-0.3, -0.25) is 4.79 Å². The molecule has 0 saturated carbocycles. The maximum atomic E-state index is 11.5. The van der Waals surface area contributed by atoms with Crippen LogP contribution in [0.5, 0.6) is 0 Å². The van der Waals surface area contributed by atoms with Crippen LogP contribution in [0.4, 0.5) is 5.69 Å². The van der Waals surface area contributed by atoms with Crippen LogP contribution in [0.25, 0.3) is 0 Å². The Hall–Kier alpha value is -0.540. The molecule has 2 rings (SSSR count). The van der Waals surface area contributed by atoms with Crippen LogP contribution in [0, 0.1) is 0 Å². The van der Waals surface area contributed by atoms with Gasteiger partial charge >= 0.3 is 0 Å². The number of amides is 1. The van der Waals surface area contributed by atoms with Gasteiger partial charge in [0.2, 0.25) is 5.91 Å². The lowest BCUT2D eigenvalue weighted by atomic mass is 10.3. The molecule has 1 aliphatic heterocycles. The molecular weight excluding hydrogens is 265 g/mol. The summed E-state index contributed by atoms with van der Waals surface area (Å²) in [7, 11) is 0. The fourth-order valence-electron chi connectivity index (χ4n) is 1.60. The second-order valence-corrected chi connectivity index (χ2v) is 4.54. The predicted molar refractivity (Wildman–Crippen MR) is 60.7 cm³/mol. The minimum atomic E-state index is 0.174. The van der Waals surface area contributed by atoms with Crippen LogP contribution < -0.4 is 4.90 Å². The minimum Gasteiger partial charge on any atom is -0.311 e. The van der Waals surface area contributed by atoms with Gasteiger partial charge in [0.15, 0.2) is 0 Å². The molecule has 1 heterocycles. The van der Waals surface area contributed by atoms with Crippen LogP contribution in [0.3, 0.4) is 0 Å². The number of hydrogen-bond donors (Lipinski definition) is 0. The number of halogens is 2. The molecule has 0 atom stereocenters. The first-order valence-electron chi connectivity index (χ1n) is 4.44. The smallest absolute Gasteiger partial charge is 0.227 e. The van der Waals surface area contributed by atoms with Crippen LogP contribution in [0.2, 0.25) is 5.02 Å². The molecular formula is C10H9BrClNO. The van der Waals surface area contributed by atoms with Crippen molar-refractivity contribution in [1.29, 1.82) is 0 Å². The van der Waals surface area contributed by atoms with Gasteiger partial charge in [-0.15, -0.1) is 0 Å². The van der Waals surface area contributed by atoms with Crippen molar-refractivity contribution in [2.75, 3.05) is 11.4 Å². The lowest BCUT2D eigenvalue weighted by molar-refractivity contribution is -0.117. The summed E-state index contributed by atoms with van der Waals surface area (Å²) < 4.78 is 0.914. The van der Waals surface area contributed by atoms with Gasteiger partial charge < -0.3 is 4.90 Å². The summed E-state index contributed by atoms with van der Waals surface area (Å²) in [6.45, 7) is 0.789. The van der Waals surface area contributed by atoms with Crippen LogP contribution >= 0.6 is 27.5 Å². The Labute approximate surface area is 96.0 Å². The third-order valence-electron chi connectivity index (χ3n) is 2.27. The van der Waals surface area contributed by atoms with Crippen LogP contribution in [0.1, 0.15) is 12.8 Å². The molecule has 0 spiro atoms. The summed E-state index contributed by atoms with van der Waals surface area (Å²) in [5.41, 5.74) is 0.875. The molecule has 1 amide bonds. The summed E-state index contributed by atoms with van der Waals surface area (Å²) in [5, 5.41) is 0.655. The van der Waals surface area contributed by atoms with E-state index in [1.165, 1.54) is 0 Å². The standard InChI is InChI=1S/C10H9BrClNO/c11-8-4-3-7(12)6-9(8)13-5-1-2-10(13)14/h3-4,6H,1-2,5H2. The minimum absolute atomic E-state index is 0.174. The van der Waals surface area contributed by atoms with Crippen molar-refractivity contribution in [3.63, 3.8) is 0 Å². The van der Waals surface area contributed by atoms with E-state index in [1.807, 2.05) is 12.1 Å². The van der Waals surface area contributed by atoms with Crippen LogP contribution in [0.15, 0.2) is 22.7 Å². The number of carbonyl (C=O) groups is 1. The fourth-order valence-corrected chi connectivity index (χ4v) is 2.22. The van der Waals surface area contributed by atoms with Crippen LogP contribution in [-0.2, 0) is 4.79 Å². The zero-order valence-electron chi connectivity index (χ0n) is 7.46. The number of hydrogen-bond acceptors (Lipinski definition) is 1. The Morgan fingerprint density at radius 3 is 2.86 bits per heavy atom. The van der Waals surface area contributed by atoms with Gasteiger partial charge in [-0.2, -0.15) is 0 Å². The molecule has 1 saturated heterocycles. The highest BCUT2D eigenvalue weighted by Crippen LogP contribution is 2.31. The summed E-state index contributed by atoms with van der Waals surface area (Å²) in [6.07, 6.45) is 1.57. The number of carbonyl (C=O) groups excluding carboxylic acids is 1. The summed E-state index contributed by atoms with van der Waals surface area (Å²) in [4.78, 5) is 13.3.